The Morgan fingerprint density at radius 1 is 1.18 bits per heavy atom. The molecule has 1 heterocycles. The summed E-state index contributed by atoms with van der Waals surface area (Å²) in [5.74, 6) is 0. The first-order valence-electron chi connectivity index (χ1n) is 3.87. The van der Waals surface area contributed by atoms with E-state index >= 15 is 0 Å². The topological polar surface area (TPSA) is 25.8 Å². The molecule has 58 valence electrons. The van der Waals surface area contributed by atoms with Crippen molar-refractivity contribution in [1.82, 2.24) is 10.2 Å². The molecule has 0 aromatic carbocycles. The summed E-state index contributed by atoms with van der Waals surface area (Å²) < 4.78 is 1.02. The maximum absolute atomic E-state index is 4.16. The predicted octanol–water partition coefficient (Wildman–Crippen LogP) is 1.96. The Balaban J connectivity index is 2.43. The molecule has 0 radical (unpaired) electrons. The van der Waals surface area contributed by atoms with Crippen molar-refractivity contribution in [2.24, 2.45) is 0 Å². The second kappa shape index (κ2) is 3.05. The second-order valence-corrected chi connectivity index (χ2v) is 3.95. The standard InChI is InChI=1S/C8H9IN2/c9-8-5-6-3-1-2-4-7(6)10-11-8/h5H,1-4H2. The predicted molar refractivity (Wildman–Crippen MR) is 51.4 cm³/mol. The highest BCUT2D eigenvalue weighted by molar-refractivity contribution is 14.1. The normalized spacial score (nSPS) is 16.1. The fraction of sp³-hybridized carbons (Fsp3) is 0.500. The van der Waals surface area contributed by atoms with Crippen LogP contribution in [0.3, 0.4) is 0 Å². The van der Waals surface area contributed by atoms with E-state index in [-0.39, 0.29) is 0 Å². The van der Waals surface area contributed by atoms with Gasteiger partial charge in [-0.1, -0.05) is 0 Å². The van der Waals surface area contributed by atoms with E-state index in [1.807, 2.05) is 0 Å². The molecular weight excluding hydrogens is 251 g/mol. The molecule has 0 bridgehead atoms. The van der Waals surface area contributed by atoms with Crippen LogP contribution in [0.5, 0.6) is 0 Å². The summed E-state index contributed by atoms with van der Waals surface area (Å²) in [5, 5.41) is 8.19. The van der Waals surface area contributed by atoms with Crippen molar-refractivity contribution < 1.29 is 0 Å². The van der Waals surface area contributed by atoms with Crippen molar-refractivity contribution in [2.45, 2.75) is 25.7 Å². The lowest BCUT2D eigenvalue weighted by Gasteiger charge is -2.12. The van der Waals surface area contributed by atoms with Gasteiger partial charge in [-0.25, -0.2) is 0 Å². The van der Waals surface area contributed by atoms with E-state index in [4.69, 9.17) is 0 Å². The van der Waals surface area contributed by atoms with E-state index in [2.05, 4.69) is 38.9 Å². The number of hydrogen-bond acceptors (Lipinski definition) is 2. The van der Waals surface area contributed by atoms with Gasteiger partial charge in [0.2, 0.25) is 0 Å². The minimum atomic E-state index is 1.02. The van der Waals surface area contributed by atoms with Gasteiger partial charge in [-0.15, -0.1) is 5.10 Å². The summed E-state index contributed by atoms with van der Waals surface area (Å²) in [6, 6.07) is 2.15. The van der Waals surface area contributed by atoms with E-state index in [9.17, 15) is 0 Å². The van der Waals surface area contributed by atoms with Crippen molar-refractivity contribution >= 4 is 22.6 Å². The summed E-state index contributed by atoms with van der Waals surface area (Å²) in [6.45, 7) is 0. The molecule has 3 heteroatoms. The Kier molecular flexibility index (Phi) is 2.07. The van der Waals surface area contributed by atoms with E-state index in [0.717, 1.165) is 10.1 Å². The van der Waals surface area contributed by atoms with Crippen LogP contribution in [0.25, 0.3) is 0 Å². The van der Waals surface area contributed by atoms with Crippen LogP contribution in [-0.2, 0) is 12.8 Å². The SMILES string of the molecule is Ic1cc2c(nn1)CCCC2. The van der Waals surface area contributed by atoms with Crippen molar-refractivity contribution in [3.8, 4) is 0 Å². The van der Waals surface area contributed by atoms with E-state index in [0.29, 0.717) is 0 Å². The van der Waals surface area contributed by atoms with Crippen LogP contribution in [0.1, 0.15) is 24.1 Å². The number of aromatic nitrogens is 2. The first-order chi connectivity index (χ1) is 5.36. The maximum Gasteiger partial charge on any atom is 0.124 e. The van der Waals surface area contributed by atoms with Gasteiger partial charge >= 0.3 is 0 Å². The van der Waals surface area contributed by atoms with Gasteiger partial charge in [0.1, 0.15) is 3.70 Å². The zero-order chi connectivity index (χ0) is 7.68. The molecule has 2 nitrogen and oxygen atoms in total. The van der Waals surface area contributed by atoms with Crippen molar-refractivity contribution in [3.63, 3.8) is 0 Å². The third-order valence-corrected chi connectivity index (χ3v) is 2.57. The van der Waals surface area contributed by atoms with Crippen LogP contribution in [0.2, 0.25) is 0 Å². The first kappa shape index (κ1) is 7.46. The van der Waals surface area contributed by atoms with E-state index in [1.54, 1.807) is 0 Å². The zero-order valence-corrected chi connectivity index (χ0v) is 8.34. The monoisotopic (exact) mass is 260 g/mol. The lowest BCUT2D eigenvalue weighted by molar-refractivity contribution is 0.652. The molecule has 11 heavy (non-hydrogen) atoms. The number of hydrogen-bond donors (Lipinski definition) is 0. The van der Waals surface area contributed by atoms with Crippen LogP contribution < -0.4 is 0 Å². The average Bonchev–Trinajstić information content (AvgIpc) is 2.04. The third-order valence-electron chi connectivity index (χ3n) is 2.04. The van der Waals surface area contributed by atoms with E-state index < -0.39 is 0 Å². The van der Waals surface area contributed by atoms with Gasteiger partial charge in [-0.2, -0.15) is 5.10 Å². The lowest BCUT2D eigenvalue weighted by Crippen LogP contribution is -2.07. The van der Waals surface area contributed by atoms with Crippen LogP contribution in [-0.4, -0.2) is 10.2 Å². The summed E-state index contributed by atoms with van der Waals surface area (Å²) in [6.07, 6.45) is 4.91. The van der Waals surface area contributed by atoms with Gasteiger partial charge in [-0.3, -0.25) is 0 Å². The number of aryl methyl sites for hydroxylation is 2. The molecule has 0 saturated carbocycles. The molecule has 1 aromatic heterocycles. The average molecular weight is 260 g/mol. The highest BCUT2D eigenvalue weighted by Gasteiger charge is 2.10. The molecule has 0 fully saturated rings. The fourth-order valence-corrected chi connectivity index (χ4v) is 1.95. The van der Waals surface area contributed by atoms with Crippen molar-refractivity contribution in [1.29, 1.82) is 0 Å². The summed E-state index contributed by atoms with van der Waals surface area (Å²) >= 11 is 2.21. The molecule has 1 aliphatic rings. The van der Waals surface area contributed by atoms with E-state index in [1.165, 1.54) is 30.5 Å². The fourth-order valence-electron chi connectivity index (χ4n) is 1.46. The smallest absolute Gasteiger partial charge is 0.124 e. The minimum absolute atomic E-state index is 1.02. The Morgan fingerprint density at radius 2 is 2.00 bits per heavy atom. The summed E-state index contributed by atoms with van der Waals surface area (Å²) in [4.78, 5) is 0. The molecule has 2 rings (SSSR count). The van der Waals surface area contributed by atoms with Gasteiger partial charge in [0, 0.05) is 0 Å². The quantitative estimate of drug-likeness (QED) is 0.666. The highest BCUT2D eigenvalue weighted by Crippen LogP contribution is 2.19. The van der Waals surface area contributed by atoms with Gasteiger partial charge in [-0.05, 0) is 59.9 Å². The molecule has 0 saturated heterocycles. The summed E-state index contributed by atoms with van der Waals surface area (Å²) in [5.41, 5.74) is 2.63. The highest BCUT2D eigenvalue weighted by atomic mass is 127. The maximum atomic E-state index is 4.16. The molecule has 0 atom stereocenters. The molecule has 0 unspecified atom stereocenters. The van der Waals surface area contributed by atoms with Gasteiger partial charge < -0.3 is 0 Å². The number of fused-ring (bicyclic) bond motifs is 1. The number of nitrogens with zero attached hydrogens (tertiary/aromatic N) is 2. The first-order valence-corrected chi connectivity index (χ1v) is 4.95. The Bertz CT molecular complexity index is 273. The molecule has 0 spiro atoms. The lowest BCUT2D eigenvalue weighted by atomic mass is 9.97. The Hall–Kier alpha value is -0.190. The molecular formula is C8H9IN2. The van der Waals surface area contributed by atoms with Crippen molar-refractivity contribution in [3.05, 3.63) is 21.0 Å². The number of rotatable bonds is 0. The van der Waals surface area contributed by atoms with Crippen LogP contribution >= 0.6 is 22.6 Å². The Labute approximate surface area is 79.6 Å². The largest absolute Gasteiger partial charge is 0.154 e. The van der Waals surface area contributed by atoms with Gasteiger partial charge in [0.05, 0.1) is 5.69 Å². The van der Waals surface area contributed by atoms with Crippen LogP contribution in [0, 0.1) is 3.70 Å². The third kappa shape index (κ3) is 1.52. The Morgan fingerprint density at radius 3 is 2.91 bits per heavy atom. The van der Waals surface area contributed by atoms with Gasteiger partial charge in [0.25, 0.3) is 0 Å². The van der Waals surface area contributed by atoms with Crippen molar-refractivity contribution in [2.75, 3.05) is 0 Å². The molecule has 1 aromatic rings. The summed E-state index contributed by atoms with van der Waals surface area (Å²) in [7, 11) is 0. The molecule has 0 N–H and O–H groups in total. The number of halogens is 1. The zero-order valence-electron chi connectivity index (χ0n) is 6.18. The molecule has 0 aliphatic heterocycles. The second-order valence-electron chi connectivity index (χ2n) is 2.85. The molecule has 1 aliphatic carbocycles. The minimum Gasteiger partial charge on any atom is -0.154 e. The molecule has 0 amide bonds. The van der Waals surface area contributed by atoms with Gasteiger partial charge in [0.15, 0.2) is 0 Å². The van der Waals surface area contributed by atoms with Crippen LogP contribution in [0.4, 0.5) is 0 Å². The van der Waals surface area contributed by atoms with Crippen LogP contribution in [0.15, 0.2) is 6.07 Å².